The van der Waals surface area contributed by atoms with Crippen molar-refractivity contribution < 1.29 is 13.7 Å². The summed E-state index contributed by atoms with van der Waals surface area (Å²) in [5, 5.41) is 7.26. The van der Waals surface area contributed by atoms with E-state index in [1.165, 1.54) is 12.8 Å². The molecule has 3 atom stereocenters. The van der Waals surface area contributed by atoms with Crippen LogP contribution in [0.1, 0.15) is 70.8 Å². The molecule has 2 aliphatic carbocycles. The maximum absolute atomic E-state index is 12.3. The van der Waals surface area contributed by atoms with Gasteiger partial charge in [0.25, 0.3) is 0 Å². The highest BCUT2D eigenvalue weighted by atomic mass is 127. The second-order valence-electron chi connectivity index (χ2n) is 8.47. The molecule has 2 aliphatic rings. The first kappa shape index (κ1) is 27.2. The highest BCUT2D eigenvalue weighted by Crippen LogP contribution is 2.35. The van der Waals surface area contributed by atoms with Crippen LogP contribution >= 0.6 is 24.0 Å². The smallest absolute Gasteiger partial charge is 0.191 e. The number of aliphatic imine (C=N–C) groups is 1. The zero-order valence-corrected chi connectivity index (χ0v) is 22.9. The van der Waals surface area contributed by atoms with Gasteiger partial charge in [0, 0.05) is 40.0 Å². The highest BCUT2D eigenvalue weighted by Gasteiger charge is 2.26. The van der Waals surface area contributed by atoms with Crippen LogP contribution in [0.15, 0.2) is 23.2 Å². The van der Waals surface area contributed by atoms with Crippen molar-refractivity contribution in [2.24, 2.45) is 4.99 Å². The third-order valence-corrected chi connectivity index (χ3v) is 7.98. The summed E-state index contributed by atoms with van der Waals surface area (Å²) in [6.45, 7) is 5.41. The van der Waals surface area contributed by atoms with Crippen molar-refractivity contribution in [3.8, 4) is 11.5 Å². The Kier molecular flexibility index (Phi) is 12.1. The lowest BCUT2D eigenvalue weighted by Crippen LogP contribution is -2.46. The Hall–Kier alpha value is -1.03. The van der Waals surface area contributed by atoms with Gasteiger partial charge in [-0.05, 0) is 57.9 Å². The van der Waals surface area contributed by atoms with Crippen LogP contribution in [0.5, 0.6) is 11.5 Å². The van der Waals surface area contributed by atoms with E-state index in [4.69, 9.17) is 14.5 Å². The summed E-state index contributed by atoms with van der Waals surface area (Å²) in [6.07, 6.45) is 9.15. The maximum Gasteiger partial charge on any atom is 0.191 e. The van der Waals surface area contributed by atoms with Gasteiger partial charge in [-0.2, -0.15) is 0 Å². The Balaban J connectivity index is 0.00000363. The van der Waals surface area contributed by atoms with Crippen LogP contribution in [-0.4, -0.2) is 47.0 Å². The predicted octanol–water partition coefficient (Wildman–Crippen LogP) is 4.77. The largest absolute Gasteiger partial charge is 0.493 e. The summed E-state index contributed by atoms with van der Waals surface area (Å²) < 4.78 is 24.2. The minimum Gasteiger partial charge on any atom is -0.493 e. The van der Waals surface area contributed by atoms with Crippen LogP contribution in [0.25, 0.3) is 0 Å². The van der Waals surface area contributed by atoms with Gasteiger partial charge in [0.1, 0.15) is 0 Å². The van der Waals surface area contributed by atoms with Gasteiger partial charge in [-0.15, -0.1) is 24.0 Å². The van der Waals surface area contributed by atoms with Crippen LogP contribution in [0, 0.1) is 0 Å². The van der Waals surface area contributed by atoms with E-state index in [2.05, 4.69) is 23.6 Å². The summed E-state index contributed by atoms with van der Waals surface area (Å²) in [6, 6.07) is 6.33. The SMILES string of the molecule is CCNC(=NCc1cccc(OC)c1OC1CCCC1)NC1CCCC(S(=O)CC)C1.I. The number of guanidine groups is 1. The van der Waals surface area contributed by atoms with Gasteiger partial charge in [-0.25, -0.2) is 4.99 Å². The molecule has 1 aromatic carbocycles. The molecule has 6 nitrogen and oxygen atoms in total. The lowest BCUT2D eigenvalue weighted by Gasteiger charge is -2.30. The van der Waals surface area contributed by atoms with Gasteiger partial charge in [-0.3, -0.25) is 4.21 Å². The number of hydrogen-bond acceptors (Lipinski definition) is 4. The van der Waals surface area contributed by atoms with E-state index in [9.17, 15) is 4.21 Å². The minimum atomic E-state index is -0.726. The molecule has 3 unspecified atom stereocenters. The van der Waals surface area contributed by atoms with Gasteiger partial charge < -0.3 is 20.1 Å². The minimum absolute atomic E-state index is 0. The van der Waals surface area contributed by atoms with E-state index in [1.807, 2.05) is 19.1 Å². The average Bonchev–Trinajstić information content (AvgIpc) is 3.31. The molecule has 0 heterocycles. The lowest BCUT2D eigenvalue weighted by molar-refractivity contribution is 0.198. The number of nitrogens with one attached hydrogen (secondary N) is 2. The van der Waals surface area contributed by atoms with Gasteiger partial charge >= 0.3 is 0 Å². The molecule has 0 bridgehead atoms. The van der Waals surface area contributed by atoms with E-state index >= 15 is 0 Å². The van der Waals surface area contributed by atoms with Crippen molar-refractivity contribution in [1.82, 2.24) is 10.6 Å². The highest BCUT2D eigenvalue weighted by molar-refractivity contribution is 14.0. The standard InChI is InChI=1S/C24H39N3O3S.HI/c1-4-25-24(27-19-11-9-14-21(16-19)31(28)5-2)26-17-18-10-8-15-22(29-3)23(18)30-20-12-6-7-13-20;/h8,10,15,19-21H,4-7,9,11-14,16-17H2,1-3H3,(H2,25,26,27);1H. The fourth-order valence-electron chi connectivity index (χ4n) is 4.58. The first-order valence-corrected chi connectivity index (χ1v) is 13.3. The molecule has 8 heteroatoms. The average molecular weight is 578 g/mol. The van der Waals surface area contributed by atoms with E-state index in [1.54, 1.807) is 7.11 Å². The molecule has 1 aromatic rings. The summed E-state index contributed by atoms with van der Waals surface area (Å²) in [4.78, 5) is 4.86. The number of nitrogens with zero attached hydrogens (tertiary/aromatic N) is 1. The molecular formula is C24H40IN3O3S. The molecule has 2 fully saturated rings. The molecule has 2 N–H and O–H groups in total. The summed E-state index contributed by atoms with van der Waals surface area (Å²) in [5.41, 5.74) is 1.04. The van der Waals surface area contributed by atoms with Crippen LogP contribution in [0.4, 0.5) is 0 Å². The van der Waals surface area contributed by atoms with Crippen molar-refractivity contribution in [3.63, 3.8) is 0 Å². The first-order chi connectivity index (χ1) is 15.1. The Morgan fingerprint density at radius 2 is 1.94 bits per heavy atom. The maximum atomic E-state index is 12.3. The number of ether oxygens (including phenoxy) is 2. The van der Waals surface area contributed by atoms with E-state index in [0.29, 0.717) is 17.8 Å². The monoisotopic (exact) mass is 577 g/mol. The molecule has 0 aromatic heterocycles. The zero-order valence-electron chi connectivity index (χ0n) is 19.7. The number of benzene rings is 1. The molecule has 0 aliphatic heterocycles. The number of methoxy groups -OCH3 is 1. The van der Waals surface area contributed by atoms with Gasteiger partial charge in [0.2, 0.25) is 0 Å². The van der Waals surface area contributed by atoms with Crippen LogP contribution in [-0.2, 0) is 17.3 Å². The van der Waals surface area contributed by atoms with Crippen molar-refractivity contribution in [2.75, 3.05) is 19.4 Å². The van der Waals surface area contributed by atoms with Gasteiger partial charge in [-0.1, -0.05) is 25.5 Å². The van der Waals surface area contributed by atoms with E-state index in [-0.39, 0.29) is 30.1 Å². The van der Waals surface area contributed by atoms with Crippen molar-refractivity contribution in [3.05, 3.63) is 23.8 Å². The first-order valence-electron chi connectivity index (χ1n) is 11.9. The third-order valence-electron chi connectivity index (χ3n) is 6.24. The molecule has 0 amide bonds. The topological polar surface area (TPSA) is 72.0 Å². The summed E-state index contributed by atoms with van der Waals surface area (Å²) >= 11 is 0. The fraction of sp³-hybridized carbons (Fsp3) is 0.708. The number of halogens is 1. The Labute approximate surface area is 213 Å². The van der Waals surface area contributed by atoms with Gasteiger partial charge in [0.05, 0.1) is 19.8 Å². The van der Waals surface area contributed by atoms with E-state index < -0.39 is 10.8 Å². The Bertz CT molecular complexity index is 756. The van der Waals surface area contributed by atoms with Crippen LogP contribution in [0.3, 0.4) is 0 Å². The number of hydrogen-bond donors (Lipinski definition) is 2. The van der Waals surface area contributed by atoms with Gasteiger partial charge in [0.15, 0.2) is 17.5 Å². The fourth-order valence-corrected chi connectivity index (χ4v) is 5.93. The lowest BCUT2D eigenvalue weighted by atomic mass is 9.95. The van der Waals surface area contributed by atoms with E-state index in [0.717, 1.165) is 73.8 Å². The molecule has 2 saturated carbocycles. The second kappa shape index (κ2) is 14.3. The van der Waals surface area contributed by atoms with Crippen molar-refractivity contribution in [2.45, 2.75) is 89.2 Å². The molecule has 0 saturated heterocycles. The van der Waals surface area contributed by atoms with Crippen LogP contribution < -0.4 is 20.1 Å². The number of para-hydroxylation sites is 1. The third kappa shape index (κ3) is 7.78. The molecular weight excluding hydrogens is 537 g/mol. The molecule has 0 radical (unpaired) electrons. The molecule has 182 valence electrons. The summed E-state index contributed by atoms with van der Waals surface area (Å²) in [7, 11) is 0.963. The van der Waals surface area contributed by atoms with Crippen LogP contribution in [0.2, 0.25) is 0 Å². The predicted molar refractivity (Wildman–Crippen MR) is 144 cm³/mol. The normalized spacial score (nSPS) is 22.7. The molecule has 3 rings (SSSR count). The van der Waals surface area contributed by atoms with Crippen molar-refractivity contribution in [1.29, 1.82) is 0 Å². The number of rotatable bonds is 9. The Morgan fingerprint density at radius 1 is 1.16 bits per heavy atom. The Morgan fingerprint density at radius 3 is 2.62 bits per heavy atom. The second-order valence-corrected chi connectivity index (χ2v) is 10.5. The van der Waals surface area contributed by atoms with Crippen molar-refractivity contribution >= 4 is 40.7 Å². The quantitative estimate of drug-likeness (QED) is 0.252. The summed E-state index contributed by atoms with van der Waals surface area (Å²) in [5.74, 6) is 3.15. The molecule has 0 spiro atoms. The zero-order chi connectivity index (χ0) is 22.1. The molecule has 32 heavy (non-hydrogen) atoms.